The highest BCUT2D eigenvalue weighted by atomic mass is 35.5. The molecule has 39 heavy (non-hydrogen) atoms. The predicted molar refractivity (Wildman–Crippen MR) is 137 cm³/mol. The van der Waals surface area contributed by atoms with E-state index in [-0.39, 0.29) is 44.2 Å². The summed E-state index contributed by atoms with van der Waals surface area (Å²) in [7, 11) is 0. The van der Waals surface area contributed by atoms with Gasteiger partial charge >= 0.3 is 12.4 Å². The van der Waals surface area contributed by atoms with Crippen LogP contribution in [0.4, 0.5) is 32.0 Å². The van der Waals surface area contributed by atoms with Crippen LogP contribution in [0.5, 0.6) is 0 Å². The molecule has 0 saturated carbocycles. The van der Waals surface area contributed by atoms with E-state index in [0.29, 0.717) is 11.3 Å². The summed E-state index contributed by atoms with van der Waals surface area (Å²) in [6, 6.07) is 8.35. The summed E-state index contributed by atoms with van der Waals surface area (Å²) < 4.78 is 79.1. The number of alkyl halides is 6. The lowest BCUT2D eigenvalue weighted by Crippen LogP contribution is -2.35. The van der Waals surface area contributed by atoms with Gasteiger partial charge < -0.3 is 10.6 Å². The molecule has 0 spiro atoms. The molecule has 0 radical (unpaired) electrons. The fourth-order valence-electron chi connectivity index (χ4n) is 3.76. The van der Waals surface area contributed by atoms with Crippen LogP contribution < -0.4 is 10.6 Å². The molecule has 1 unspecified atom stereocenters. The number of hydrogen-bond donors (Lipinski definition) is 2. The number of rotatable bonds is 8. The quantitative estimate of drug-likeness (QED) is 0.287. The average molecular weight is 593 g/mol. The number of nitrogens with one attached hydrogen (secondary N) is 2. The van der Waals surface area contributed by atoms with Gasteiger partial charge in [-0.2, -0.15) is 43.2 Å². The van der Waals surface area contributed by atoms with Gasteiger partial charge in [-0.25, -0.2) is 0 Å². The van der Waals surface area contributed by atoms with Gasteiger partial charge in [0.1, 0.15) is 5.69 Å². The highest BCUT2D eigenvalue weighted by molar-refractivity contribution is 7.98. The molecule has 0 aliphatic carbocycles. The minimum atomic E-state index is -5.05. The zero-order chi connectivity index (χ0) is 29.1. The summed E-state index contributed by atoms with van der Waals surface area (Å²) in [5.74, 6) is -0.543. The van der Waals surface area contributed by atoms with Crippen molar-refractivity contribution in [3.8, 4) is 0 Å². The second-order valence-electron chi connectivity index (χ2n) is 8.66. The number of hydrogen-bond acceptors (Lipinski definition) is 4. The van der Waals surface area contributed by atoms with Crippen molar-refractivity contribution in [2.45, 2.75) is 38.8 Å². The molecule has 3 rings (SSSR count). The lowest BCUT2D eigenvalue weighted by molar-refractivity contribution is -0.144. The SMILES string of the molecule is CSCC(C)NC(=O)c1c(Cl)cccc1C(=O)Nc1ccc(Cn2nc(C(F)(F)F)cc2C(F)(F)F)cc1C. The van der Waals surface area contributed by atoms with E-state index in [4.69, 9.17) is 11.6 Å². The summed E-state index contributed by atoms with van der Waals surface area (Å²) in [4.78, 5) is 25.9. The zero-order valence-corrected chi connectivity index (χ0v) is 22.4. The largest absolute Gasteiger partial charge is 0.435 e. The molecule has 2 N–H and O–H groups in total. The van der Waals surface area contributed by atoms with E-state index in [9.17, 15) is 35.9 Å². The Bertz CT molecular complexity index is 1370. The van der Waals surface area contributed by atoms with Crippen molar-refractivity contribution in [3.63, 3.8) is 0 Å². The molecule has 1 heterocycles. The van der Waals surface area contributed by atoms with Crippen molar-refractivity contribution in [1.82, 2.24) is 15.1 Å². The van der Waals surface area contributed by atoms with E-state index in [1.165, 1.54) is 48.2 Å². The number of halogens is 7. The summed E-state index contributed by atoms with van der Waals surface area (Å²) in [6.45, 7) is 2.78. The maximum atomic E-state index is 13.3. The van der Waals surface area contributed by atoms with E-state index in [0.717, 1.165) is 0 Å². The Balaban J connectivity index is 1.84. The molecular formula is C25H23ClF6N4O2S. The van der Waals surface area contributed by atoms with Gasteiger partial charge in [0.15, 0.2) is 5.69 Å². The summed E-state index contributed by atoms with van der Waals surface area (Å²) in [5.41, 5.74) is -2.29. The number of aryl methyl sites for hydroxylation is 1. The monoisotopic (exact) mass is 592 g/mol. The average Bonchev–Trinajstić information content (AvgIpc) is 3.25. The number of benzene rings is 2. The first-order valence-corrected chi connectivity index (χ1v) is 13.1. The molecule has 0 aliphatic heterocycles. The molecular weight excluding hydrogens is 570 g/mol. The number of aromatic nitrogens is 2. The third-order valence-corrected chi connectivity index (χ3v) is 6.66. The van der Waals surface area contributed by atoms with Crippen LogP contribution in [0.25, 0.3) is 0 Å². The van der Waals surface area contributed by atoms with Crippen molar-refractivity contribution < 1.29 is 35.9 Å². The van der Waals surface area contributed by atoms with Crippen LogP contribution >= 0.6 is 23.4 Å². The van der Waals surface area contributed by atoms with Crippen molar-refractivity contribution in [2.75, 3.05) is 17.3 Å². The number of carbonyl (C=O) groups is 2. The molecule has 2 aromatic carbocycles. The zero-order valence-electron chi connectivity index (χ0n) is 20.8. The first-order chi connectivity index (χ1) is 18.1. The van der Waals surface area contributed by atoms with Crippen molar-refractivity contribution in [3.05, 3.63) is 81.1 Å². The highest BCUT2D eigenvalue weighted by Crippen LogP contribution is 2.35. The van der Waals surface area contributed by atoms with Crippen LogP contribution in [0.15, 0.2) is 42.5 Å². The van der Waals surface area contributed by atoms with Crippen LogP contribution in [0.3, 0.4) is 0 Å². The van der Waals surface area contributed by atoms with Crippen LogP contribution in [-0.2, 0) is 18.9 Å². The Morgan fingerprint density at radius 2 is 1.74 bits per heavy atom. The second kappa shape index (κ2) is 11.9. The topological polar surface area (TPSA) is 76.0 Å². The van der Waals surface area contributed by atoms with Gasteiger partial charge in [0.05, 0.1) is 22.7 Å². The van der Waals surface area contributed by atoms with E-state index in [1.807, 2.05) is 6.26 Å². The lowest BCUT2D eigenvalue weighted by Gasteiger charge is -2.16. The first-order valence-electron chi connectivity index (χ1n) is 11.3. The molecule has 0 fully saturated rings. The van der Waals surface area contributed by atoms with Crippen molar-refractivity contribution in [2.24, 2.45) is 0 Å². The summed E-state index contributed by atoms with van der Waals surface area (Å²) in [6.07, 6.45) is -8.21. The second-order valence-corrected chi connectivity index (χ2v) is 9.98. The Morgan fingerprint density at radius 3 is 2.33 bits per heavy atom. The Labute approximate surface area is 229 Å². The molecule has 0 bridgehead atoms. The van der Waals surface area contributed by atoms with Gasteiger partial charge in [-0.1, -0.05) is 29.8 Å². The number of thioether (sulfide) groups is 1. The molecule has 14 heteroatoms. The minimum Gasteiger partial charge on any atom is -0.349 e. The molecule has 0 saturated heterocycles. The number of anilines is 1. The van der Waals surface area contributed by atoms with E-state index < -0.39 is 42.1 Å². The smallest absolute Gasteiger partial charge is 0.349 e. The number of nitrogens with zero attached hydrogens (tertiary/aromatic N) is 2. The van der Waals surface area contributed by atoms with E-state index in [2.05, 4.69) is 15.7 Å². The van der Waals surface area contributed by atoms with Gasteiger partial charge in [0, 0.05) is 23.5 Å². The highest BCUT2D eigenvalue weighted by Gasteiger charge is 2.41. The maximum Gasteiger partial charge on any atom is 0.435 e. The fourth-order valence-corrected chi connectivity index (χ4v) is 4.61. The van der Waals surface area contributed by atoms with Gasteiger partial charge in [-0.3, -0.25) is 14.3 Å². The molecule has 0 aliphatic rings. The Kier molecular flexibility index (Phi) is 9.27. The number of amides is 2. The first kappa shape index (κ1) is 30.4. The van der Waals surface area contributed by atoms with Gasteiger partial charge in [-0.05, 0) is 49.4 Å². The van der Waals surface area contributed by atoms with E-state index in [1.54, 1.807) is 13.8 Å². The fraction of sp³-hybridized carbons (Fsp3) is 0.320. The Hall–Kier alpha value is -3.19. The van der Waals surface area contributed by atoms with Crippen LogP contribution in [-0.4, -0.2) is 39.6 Å². The van der Waals surface area contributed by atoms with E-state index >= 15 is 0 Å². The van der Waals surface area contributed by atoms with Crippen molar-refractivity contribution >= 4 is 40.9 Å². The molecule has 1 atom stereocenters. The third-order valence-electron chi connectivity index (χ3n) is 5.51. The third kappa shape index (κ3) is 7.47. The molecule has 210 valence electrons. The predicted octanol–water partition coefficient (Wildman–Crippen LogP) is 6.66. The summed E-state index contributed by atoms with van der Waals surface area (Å²) in [5, 5.41) is 8.60. The van der Waals surface area contributed by atoms with Crippen LogP contribution in [0.1, 0.15) is 50.2 Å². The minimum absolute atomic E-state index is 0.00543. The van der Waals surface area contributed by atoms with Gasteiger partial charge in [-0.15, -0.1) is 0 Å². The number of carbonyl (C=O) groups excluding carboxylic acids is 2. The Morgan fingerprint density at radius 1 is 1.05 bits per heavy atom. The summed E-state index contributed by atoms with van der Waals surface area (Å²) >= 11 is 7.76. The maximum absolute atomic E-state index is 13.3. The lowest BCUT2D eigenvalue weighted by atomic mass is 10.0. The molecule has 6 nitrogen and oxygen atoms in total. The van der Waals surface area contributed by atoms with Crippen LogP contribution in [0, 0.1) is 6.92 Å². The molecule has 3 aromatic rings. The van der Waals surface area contributed by atoms with Crippen molar-refractivity contribution in [1.29, 1.82) is 0 Å². The van der Waals surface area contributed by atoms with Gasteiger partial charge in [0.2, 0.25) is 0 Å². The van der Waals surface area contributed by atoms with Crippen LogP contribution in [0.2, 0.25) is 5.02 Å². The molecule has 1 aromatic heterocycles. The molecule has 2 amide bonds. The standard InChI is InChI=1S/C25H23ClF6N4O2S/c1-13-9-15(11-36-20(25(30,31)32)10-19(35-36)24(27,28)29)7-8-18(13)34-22(37)16-5-4-6-17(26)21(16)23(38)33-14(2)12-39-3/h4-10,14H,11-12H2,1-3H3,(H,33,38)(H,34,37). The normalized spacial score (nSPS) is 12.8. The van der Waals surface area contributed by atoms with Gasteiger partial charge in [0.25, 0.3) is 11.8 Å².